The quantitative estimate of drug-likeness (QED) is 0.506. The second-order valence-electron chi connectivity index (χ2n) is 7.89. The van der Waals surface area contributed by atoms with Crippen LogP contribution in [-0.2, 0) is 24.4 Å². The number of ether oxygens (including phenoxy) is 1. The third-order valence-corrected chi connectivity index (χ3v) is 6.11. The molecule has 9 nitrogen and oxygen atoms in total. The van der Waals surface area contributed by atoms with Gasteiger partial charge in [0.05, 0.1) is 43.8 Å². The Morgan fingerprint density at radius 2 is 2.09 bits per heavy atom. The summed E-state index contributed by atoms with van der Waals surface area (Å²) < 4.78 is 24.2. The minimum atomic E-state index is -0.444. The Morgan fingerprint density at radius 1 is 1.26 bits per heavy atom. The molecule has 0 saturated carbocycles. The van der Waals surface area contributed by atoms with Gasteiger partial charge in [-0.2, -0.15) is 0 Å². The van der Waals surface area contributed by atoms with Crippen molar-refractivity contribution in [2.24, 2.45) is 0 Å². The molecule has 1 aromatic carbocycles. The van der Waals surface area contributed by atoms with Crippen LogP contribution >= 0.6 is 11.3 Å². The van der Waals surface area contributed by atoms with Crippen LogP contribution in [0.25, 0.3) is 0 Å². The van der Waals surface area contributed by atoms with Gasteiger partial charge in [-0.25, -0.2) is 14.2 Å². The highest BCUT2D eigenvalue weighted by Gasteiger charge is 2.22. The van der Waals surface area contributed by atoms with Crippen molar-refractivity contribution < 1.29 is 23.1 Å². The molecule has 180 valence electrons. The first-order chi connectivity index (χ1) is 16.5. The van der Waals surface area contributed by atoms with Crippen LogP contribution in [0.15, 0.2) is 46.4 Å². The average molecular weight is 488 g/mol. The molecule has 0 spiro atoms. The summed E-state index contributed by atoms with van der Waals surface area (Å²) >= 11 is 1.26. The van der Waals surface area contributed by atoms with Gasteiger partial charge in [0.1, 0.15) is 11.6 Å². The number of rotatable bonds is 8. The Hall–Kier alpha value is -3.28. The lowest BCUT2D eigenvalue weighted by Crippen LogP contribution is -2.36. The van der Waals surface area contributed by atoms with Crippen LogP contribution in [-0.4, -0.2) is 60.1 Å². The first kappa shape index (κ1) is 23.9. The predicted octanol–water partition coefficient (Wildman–Crippen LogP) is 3.30. The molecule has 0 aliphatic carbocycles. The maximum Gasteiger partial charge on any atom is 0.321 e. The number of halogens is 1. The Balaban J connectivity index is 1.28. The van der Waals surface area contributed by atoms with E-state index in [0.29, 0.717) is 47.5 Å². The number of amides is 3. The normalized spacial score (nSPS) is 14.1. The van der Waals surface area contributed by atoms with Crippen LogP contribution in [0.3, 0.4) is 0 Å². The van der Waals surface area contributed by atoms with Gasteiger partial charge in [-0.1, -0.05) is 12.1 Å². The first-order valence-electron chi connectivity index (χ1n) is 10.8. The molecule has 0 unspecified atom stereocenters. The zero-order valence-corrected chi connectivity index (χ0v) is 19.6. The monoisotopic (exact) mass is 487 g/mol. The fraction of sp³-hybridized carbons (Fsp3) is 0.348. The molecule has 3 amide bonds. The minimum Gasteiger partial charge on any atom is -0.467 e. The Kier molecular flexibility index (Phi) is 7.88. The summed E-state index contributed by atoms with van der Waals surface area (Å²) in [6, 6.07) is 7.27. The van der Waals surface area contributed by atoms with Gasteiger partial charge in [0.25, 0.3) is 5.91 Å². The SMILES string of the molecule is CN(Cc1csc(NC(=O)NCc2cccc(F)c2)n1)C(=O)c1ccoc1CN1CCOCC1. The molecule has 1 fully saturated rings. The zero-order valence-electron chi connectivity index (χ0n) is 18.8. The van der Waals surface area contributed by atoms with Crippen LogP contribution in [0, 0.1) is 5.82 Å². The Labute approximate surface area is 200 Å². The molecular weight excluding hydrogens is 461 g/mol. The highest BCUT2D eigenvalue weighted by molar-refractivity contribution is 7.13. The molecule has 2 aromatic heterocycles. The minimum absolute atomic E-state index is 0.160. The van der Waals surface area contributed by atoms with Gasteiger partial charge in [-0.05, 0) is 23.8 Å². The van der Waals surface area contributed by atoms with Crippen molar-refractivity contribution in [3.63, 3.8) is 0 Å². The van der Waals surface area contributed by atoms with Gasteiger partial charge in [0.15, 0.2) is 5.13 Å². The maximum atomic E-state index is 13.2. The van der Waals surface area contributed by atoms with E-state index in [1.165, 1.54) is 29.7 Å². The van der Waals surface area contributed by atoms with Gasteiger partial charge in [0, 0.05) is 32.1 Å². The van der Waals surface area contributed by atoms with Crippen molar-refractivity contribution in [1.82, 2.24) is 20.1 Å². The van der Waals surface area contributed by atoms with Gasteiger partial charge in [0.2, 0.25) is 0 Å². The van der Waals surface area contributed by atoms with Crippen LogP contribution in [0.4, 0.5) is 14.3 Å². The molecule has 3 heterocycles. The van der Waals surface area contributed by atoms with Crippen molar-refractivity contribution >= 4 is 28.4 Å². The Morgan fingerprint density at radius 3 is 2.88 bits per heavy atom. The molecule has 1 aliphatic heterocycles. The van der Waals surface area contributed by atoms with E-state index >= 15 is 0 Å². The van der Waals surface area contributed by atoms with Crippen molar-refractivity contribution in [2.45, 2.75) is 19.6 Å². The number of thiazole rings is 1. The summed E-state index contributed by atoms with van der Waals surface area (Å²) in [5, 5.41) is 7.52. The largest absolute Gasteiger partial charge is 0.467 e. The molecule has 2 N–H and O–H groups in total. The number of aromatic nitrogens is 1. The van der Waals surface area contributed by atoms with Crippen molar-refractivity contribution in [3.8, 4) is 0 Å². The molecule has 0 atom stereocenters. The fourth-order valence-corrected chi connectivity index (χ4v) is 4.24. The highest BCUT2D eigenvalue weighted by Crippen LogP contribution is 2.20. The first-order valence-corrected chi connectivity index (χ1v) is 11.7. The van der Waals surface area contributed by atoms with Crippen LogP contribution in [0.2, 0.25) is 0 Å². The second-order valence-corrected chi connectivity index (χ2v) is 8.75. The van der Waals surface area contributed by atoms with E-state index in [9.17, 15) is 14.0 Å². The maximum absolute atomic E-state index is 13.2. The summed E-state index contributed by atoms with van der Waals surface area (Å²) in [5.74, 6) is 0.119. The molecule has 0 bridgehead atoms. The molecule has 1 aliphatic rings. The van der Waals surface area contributed by atoms with E-state index < -0.39 is 6.03 Å². The molecular formula is C23H26FN5O4S. The molecule has 3 aromatic rings. The van der Waals surface area contributed by atoms with Crippen molar-refractivity contribution in [3.05, 3.63) is 70.4 Å². The van der Waals surface area contributed by atoms with E-state index in [4.69, 9.17) is 9.15 Å². The number of carbonyl (C=O) groups excluding carboxylic acids is 2. The van der Waals surface area contributed by atoms with Crippen molar-refractivity contribution in [1.29, 1.82) is 0 Å². The van der Waals surface area contributed by atoms with E-state index in [1.54, 1.807) is 35.5 Å². The molecule has 0 radical (unpaired) electrons. The molecule has 34 heavy (non-hydrogen) atoms. The Bertz CT molecular complexity index is 1130. The van der Waals surface area contributed by atoms with Gasteiger partial charge >= 0.3 is 6.03 Å². The van der Waals surface area contributed by atoms with Crippen molar-refractivity contribution in [2.75, 3.05) is 38.7 Å². The molecule has 1 saturated heterocycles. The number of carbonyl (C=O) groups is 2. The number of benzene rings is 1. The third kappa shape index (κ3) is 6.40. The number of hydrogen-bond acceptors (Lipinski definition) is 7. The van der Waals surface area contributed by atoms with E-state index in [0.717, 1.165) is 13.1 Å². The fourth-order valence-electron chi connectivity index (χ4n) is 3.54. The van der Waals surface area contributed by atoms with Gasteiger partial charge in [-0.15, -0.1) is 11.3 Å². The second kappa shape index (κ2) is 11.2. The lowest BCUT2D eigenvalue weighted by atomic mass is 10.2. The molecule has 11 heteroatoms. The predicted molar refractivity (Wildman–Crippen MR) is 125 cm³/mol. The summed E-state index contributed by atoms with van der Waals surface area (Å²) in [7, 11) is 1.70. The summed E-state index contributed by atoms with van der Waals surface area (Å²) in [6.45, 7) is 3.98. The number of anilines is 1. The van der Waals surface area contributed by atoms with Crippen LogP contribution in [0.5, 0.6) is 0 Å². The average Bonchev–Trinajstić information content (AvgIpc) is 3.47. The zero-order chi connectivity index (χ0) is 23.9. The standard InChI is InChI=1S/C23H26FN5O4S/c1-28(21(30)19-5-8-33-20(19)14-29-6-9-32-10-7-29)13-18-15-34-23(26-18)27-22(31)25-12-16-3-2-4-17(24)11-16/h2-5,8,11,15H,6-7,9-10,12-14H2,1H3,(H2,25,26,27,31). The molecule has 4 rings (SSSR count). The number of nitrogens with zero attached hydrogens (tertiary/aromatic N) is 3. The topological polar surface area (TPSA) is 99.9 Å². The van der Waals surface area contributed by atoms with Crippen LogP contribution < -0.4 is 10.6 Å². The number of urea groups is 1. The number of morpholine rings is 1. The van der Waals surface area contributed by atoms with E-state index in [-0.39, 0.29) is 24.8 Å². The van der Waals surface area contributed by atoms with E-state index in [1.807, 2.05) is 0 Å². The van der Waals surface area contributed by atoms with E-state index in [2.05, 4.69) is 20.5 Å². The smallest absolute Gasteiger partial charge is 0.321 e. The number of furan rings is 1. The number of hydrogen-bond donors (Lipinski definition) is 2. The lowest BCUT2D eigenvalue weighted by molar-refractivity contribution is 0.0311. The van der Waals surface area contributed by atoms with Gasteiger partial charge < -0.3 is 19.4 Å². The summed E-state index contributed by atoms with van der Waals surface area (Å²) in [6.07, 6.45) is 1.53. The number of nitrogens with one attached hydrogen (secondary N) is 2. The summed E-state index contributed by atoms with van der Waals surface area (Å²) in [5.41, 5.74) is 1.83. The third-order valence-electron chi connectivity index (χ3n) is 5.31. The summed E-state index contributed by atoms with van der Waals surface area (Å²) in [4.78, 5) is 33.3. The van der Waals surface area contributed by atoms with Gasteiger partial charge in [-0.3, -0.25) is 15.0 Å². The highest BCUT2D eigenvalue weighted by atomic mass is 32.1. The lowest BCUT2D eigenvalue weighted by Gasteiger charge is -2.26. The van der Waals surface area contributed by atoms with Crippen LogP contribution in [0.1, 0.15) is 27.4 Å².